The van der Waals surface area contributed by atoms with Crippen LogP contribution in [0.4, 0.5) is 10.1 Å². The molecule has 1 aliphatic rings. The fourth-order valence-corrected chi connectivity index (χ4v) is 4.14. The van der Waals surface area contributed by atoms with Gasteiger partial charge in [0.1, 0.15) is 21.2 Å². The maximum absolute atomic E-state index is 14.2. The van der Waals surface area contributed by atoms with E-state index in [0.29, 0.717) is 16.3 Å². The second-order valence-corrected chi connectivity index (χ2v) is 7.32. The SMILES string of the molecule is Nc1ccc(-c2nc3ccc(C4(c5ccccc5)C=C4)nc3s2)c(F)c1. The highest BCUT2D eigenvalue weighted by Gasteiger charge is 2.39. The Balaban J connectivity index is 1.59. The highest BCUT2D eigenvalue weighted by Crippen LogP contribution is 2.45. The first kappa shape index (κ1) is 15.2. The summed E-state index contributed by atoms with van der Waals surface area (Å²) in [5.74, 6) is -0.367. The lowest BCUT2D eigenvalue weighted by molar-refractivity contribution is 0.632. The Bertz CT molecular complexity index is 1160. The second-order valence-electron chi connectivity index (χ2n) is 6.35. The van der Waals surface area contributed by atoms with E-state index >= 15 is 0 Å². The summed E-state index contributed by atoms with van der Waals surface area (Å²) in [6.07, 6.45) is 4.30. The lowest BCUT2D eigenvalue weighted by Crippen LogP contribution is -2.12. The topological polar surface area (TPSA) is 51.8 Å². The normalized spacial score (nSPS) is 14.7. The van der Waals surface area contributed by atoms with Gasteiger partial charge in [0.25, 0.3) is 0 Å². The maximum Gasteiger partial charge on any atom is 0.144 e. The van der Waals surface area contributed by atoms with Crippen molar-refractivity contribution in [2.45, 2.75) is 5.41 Å². The van der Waals surface area contributed by atoms with Gasteiger partial charge >= 0.3 is 0 Å². The molecule has 2 aromatic heterocycles. The minimum atomic E-state index is -0.367. The van der Waals surface area contributed by atoms with Crippen molar-refractivity contribution < 1.29 is 4.39 Å². The van der Waals surface area contributed by atoms with E-state index in [0.717, 1.165) is 16.0 Å². The molecule has 26 heavy (non-hydrogen) atoms. The number of rotatable bonds is 3. The number of allylic oxidation sites excluding steroid dienone is 2. The zero-order valence-electron chi connectivity index (χ0n) is 13.7. The number of aromatic nitrogens is 2. The molecule has 0 unspecified atom stereocenters. The first-order valence-electron chi connectivity index (χ1n) is 8.25. The Labute approximate surface area is 153 Å². The van der Waals surface area contributed by atoms with Crippen molar-refractivity contribution in [3.63, 3.8) is 0 Å². The molecule has 5 heteroatoms. The molecule has 4 aromatic rings. The average Bonchev–Trinajstić information content (AvgIpc) is 3.36. The number of nitrogen functional groups attached to an aromatic ring is 1. The number of anilines is 1. The molecule has 1 aliphatic carbocycles. The number of thiazole rings is 1. The third kappa shape index (κ3) is 2.32. The summed E-state index contributed by atoms with van der Waals surface area (Å²) in [6.45, 7) is 0. The molecule has 2 heterocycles. The van der Waals surface area contributed by atoms with Gasteiger partial charge in [-0.15, -0.1) is 0 Å². The van der Waals surface area contributed by atoms with Crippen molar-refractivity contribution in [2.24, 2.45) is 0 Å². The van der Waals surface area contributed by atoms with Gasteiger partial charge in [-0.2, -0.15) is 0 Å². The van der Waals surface area contributed by atoms with Gasteiger partial charge in [-0.25, -0.2) is 14.4 Å². The van der Waals surface area contributed by atoms with E-state index < -0.39 is 0 Å². The third-order valence-corrected chi connectivity index (χ3v) is 5.65. The lowest BCUT2D eigenvalue weighted by atomic mass is 9.89. The molecule has 3 nitrogen and oxygen atoms in total. The van der Waals surface area contributed by atoms with Crippen LogP contribution in [-0.2, 0) is 5.41 Å². The summed E-state index contributed by atoms with van der Waals surface area (Å²) in [5.41, 5.74) is 9.18. The molecule has 0 radical (unpaired) electrons. The molecule has 0 saturated carbocycles. The standard InChI is InChI=1S/C21H14FN3S/c22-16-12-14(23)6-7-15(16)19-24-17-8-9-18(25-20(17)26-19)21(10-11-21)13-4-2-1-3-5-13/h1-12H,23H2. The molecule has 0 fully saturated rings. The lowest BCUT2D eigenvalue weighted by Gasteiger charge is -2.15. The van der Waals surface area contributed by atoms with Crippen LogP contribution in [0.2, 0.25) is 0 Å². The molecule has 0 amide bonds. The molecule has 126 valence electrons. The predicted molar refractivity (Wildman–Crippen MR) is 104 cm³/mol. The van der Waals surface area contributed by atoms with E-state index in [1.54, 1.807) is 12.1 Å². The van der Waals surface area contributed by atoms with Crippen LogP contribution < -0.4 is 5.73 Å². The summed E-state index contributed by atoms with van der Waals surface area (Å²) in [7, 11) is 0. The Morgan fingerprint density at radius 3 is 2.46 bits per heavy atom. The molecule has 5 rings (SSSR count). The summed E-state index contributed by atoms with van der Waals surface area (Å²) in [5, 5.41) is 0.611. The Morgan fingerprint density at radius 2 is 1.73 bits per heavy atom. The largest absolute Gasteiger partial charge is 0.399 e. The van der Waals surface area contributed by atoms with E-state index in [4.69, 9.17) is 10.7 Å². The zero-order chi connectivity index (χ0) is 17.7. The number of hydrogen-bond donors (Lipinski definition) is 1. The van der Waals surface area contributed by atoms with E-state index in [2.05, 4.69) is 29.3 Å². The van der Waals surface area contributed by atoms with Crippen molar-refractivity contribution in [2.75, 3.05) is 5.73 Å². The first-order chi connectivity index (χ1) is 12.7. The third-order valence-electron chi connectivity index (χ3n) is 4.65. The summed E-state index contributed by atoms with van der Waals surface area (Å²) in [4.78, 5) is 10.2. The van der Waals surface area contributed by atoms with Gasteiger partial charge < -0.3 is 5.73 Å². The molecule has 0 aliphatic heterocycles. The zero-order valence-corrected chi connectivity index (χ0v) is 14.5. The highest BCUT2D eigenvalue weighted by molar-refractivity contribution is 7.21. The minimum Gasteiger partial charge on any atom is -0.399 e. The van der Waals surface area contributed by atoms with Crippen LogP contribution in [0.5, 0.6) is 0 Å². The van der Waals surface area contributed by atoms with Crippen LogP contribution in [0.15, 0.2) is 72.8 Å². The fraction of sp³-hybridized carbons (Fsp3) is 0.0476. The van der Waals surface area contributed by atoms with Gasteiger partial charge in [0.15, 0.2) is 0 Å². The molecule has 2 N–H and O–H groups in total. The summed E-state index contributed by atoms with van der Waals surface area (Å²) >= 11 is 1.39. The molecule has 0 atom stereocenters. The van der Waals surface area contributed by atoms with Crippen LogP contribution >= 0.6 is 11.3 Å². The second kappa shape index (κ2) is 5.47. The monoisotopic (exact) mass is 359 g/mol. The van der Waals surface area contributed by atoms with Crippen molar-refractivity contribution in [1.29, 1.82) is 0 Å². The molecule has 0 spiro atoms. The van der Waals surface area contributed by atoms with Crippen LogP contribution in [0.1, 0.15) is 11.3 Å². The fourth-order valence-electron chi connectivity index (χ4n) is 3.18. The maximum atomic E-state index is 14.2. The van der Waals surface area contributed by atoms with E-state index in [-0.39, 0.29) is 11.2 Å². The Hall–Kier alpha value is -3.05. The van der Waals surface area contributed by atoms with Gasteiger partial charge in [-0.05, 0) is 35.9 Å². The molecular formula is C21H14FN3S. The van der Waals surface area contributed by atoms with E-state index in [1.165, 1.54) is 23.0 Å². The van der Waals surface area contributed by atoms with Crippen molar-refractivity contribution >= 4 is 27.4 Å². The molecule has 2 aromatic carbocycles. The van der Waals surface area contributed by atoms with Gasteiger partial charge in [-0.3, -0.25) is 0 Å². The Kier molecular flexibility index (Phi) is 3.21. The number of halogens is 1. The number of pyridine rings is 1. The van der Waals surface area contributed by atoms with Gasteiger partial charge in [0.2, 0.25) is 0 Å². The molecule has 0 saturated heterocycles. The van der Waals surface area contributed by atoms with Crippen LogP contribution in [0, 0.1) is 5.82 Å². The first-order valence-corrected chi connectivity index (χ1v) is 9.07. The number of nitrogens with two attached hydrogens (primary N) is 1. The number of fused-ring (bicyclic) bond motifs is 1. The minimum absolute atomic E-state index is 0.230. The number of hydrogen-bond acceptors (Lipinski definition) is 4. The van der Waals surface area contributed by atoms with E-state index in [9.17, 15) is 4.39 Å². The Morgan fingerprint density at radius 1 is 0.923 bits per heavy atom. The van der Waals surface area contributed by atoms with Gasteiger partial charge in [0.05, 0.1) is 11.1 Å². The van der Waals surface area contributed by atoms with Crippen LogP contribution in [0.3, 0.4) is 0 Å². The summed E-state index contributed by atoms with van der Waals surface area (Å²) in [6, 6.07) is 18.9. The summed E-state index contributed by atoms with van der Waals surface area (Å²) < 4.78 is 14.2. The van der Waals surface area contributed by atoms with Gasteiger partial charge in [-0.1, -0.05) is 53.8 Å². The molecule has 0 bridgehead atoms. The quantitative estimate of drug-likeness (QED) is 0.416. The van der Waals surface area contributed by atoms with E-state index in [1.807, 2.05) is 30.3 Å². The molecular weight excluding hydrogens is 345 g/mol. The number of nitrogens with zero attached hydrogens (tertiary/aromatic N) is 2. The highest BCUT2D eigenvalue weighted by atomic mass is 32.1. The van der Waals surface area contributed by atoms with Crippen LogP contribution in [0.25, 0.3) is 20.9 Å². The van der Waals surface area contributed by atoms with Crippen molar-refractivity contribution in [3.05, 3.63) is 89.9 Å². The number of benzene rings is 2. The van der Waals surface area contributed by atoms with Crippen molar-refractivity contribution in [1.82, 2.24) is 9.97 Å². The predicted octanol–water partition coefficient (Wildman–Crippen LogP) is 4.94. The van der Waals surface area contributed by atoms with Gasteiger partial charge in [0, 0.05) is 11.3 Å². The smallest absolute Gasteiger partial charge is 0.144 e. The van der Waals surface area contributed by atoms with Crippen LogP contribution in [-0.4, -0.2) is 9.97 Å². The van der Waals surface area contributed by atoms with Crippen molar-refractivity contribution in [3.8, 4) is 10.6 Å². The average molecular weight is 359 g/mol.